The van der Waals surface area contributed by atoms with E-state index in [9.17, 15) is 14.7 Å². The number of hydrogen-bond donors (Lipinski definition) is 1. The first-order valence-corrected chi connectivity index (χ1v) is 4.31. The van der Waals surface area contributed by atoms with E-state index in [4.69, 9.17) is 11.6 Å². The van der Waals surface area contributed by atoms with E-state index in [-0.39, 0.29) is 5.88 Å². The third kappa shape index (κ3) is 1.71. The second kappa shape index (κ2) is 3.85. The van der Waals surface area contributed by atoms with Crippen molar-refractivity contribution in [2.75, 3.05) is 5.88 Å². The van der Waals surface area contributed by atoms with Crippen molar-refractivity contribution < 1.29 is 14.7 Å². The lowest BCUT2D eigenvalue weighted by Gasteiger charge is -2.27. The fourth-order valence-corrected chi connectivity index (χ4v) is 1.39. The van der Waals surface area contributed by atoms with Crippen molar-refractivity contribution in [3.63, 3.8) is 0 Å². The highest BCUT2D eigenvalue weighted by atomic mass is 35.5. The molecule has 70 valence electrons. The number of halogens is 1. The molecule has 13 heavy (non-hydrogen) atoms. The molecule has 1 rings (SSSR count). The second-order valence-corrected chi connectivity index (χ2v) is 3.06. The monoisotopic (exact) mass is 200 g/mol. The lowest BCUT2D eigenvalue weighted by molar-refractivity contribution is -0.136. The molecule has 0 aromatic heterocycles. The van der Waals surface area contributed by atoms with E-state index in [0.29, 0.717) is 6.29 Å². The van der Waals surface area contributed by atoms with Crippen LogP contribution in [0.4, 0.5) is 0 Å². The van der Waals surface area contributed by atoms with Gasteiger partial charge in [0.2, 0.25) is 0 Å². The number of carbonyl (C=O) groups excluding carboxylic acids is 2. The number of rotatable bonds is 3. The van der Waals surface area contributed by atoms with Crippen molar-refractivity contribution in [1.82, 2.24) is 0 Å². The third-order valence-corrected chi connectivity index (χ3v) is 2.25. The van der Waals surface area contributed by atoms with Crippen molar-refractivity contribution in [3.05, 3.63) is 24.3 Å². The summed E-state index contributed by atoms with van der Waals surface area (Å²) in [7, 11) is 0. The van der Waals surface area contributed by atoms with Gasteiger partial charge in [-0.05, 0) is 6.08 Å². The van der Waals surface area contributed by atoms with E-state index in [2.05, 4.69) is 0 Å². The van der Waals surface area contributed by atoms with Gasteiger partial charge < -0.3 is 9.90 Å². The molecule has 0 fully saturated rings. The molecule has 4 heteroatoms. The van der Waals surface area contributed by atoms with Crippen molar-refractivity contribution in [2.24, 2.45) is 5.92 Å². The van der Waals surface area contributed by atoms with Crippen LogP contribution in [0.15, 0.2) is 24.3 Å². The van der Waals surface area contributed by atoms with Crippen LogP contribution < -0.4 is 0 Å². The van der Waals surface area contributed by atoms with Gasteiger partial charge in [0, 0.05) is 0 Å². The molecule has 0 heterocycles. The minimum atomic E-state index is -1.75. The molecule has 0 radical (unpaired) electrons. The van der Waals surface area contributed by atoms with E-state index in [1.807, 2.05) is 0 Å². The zero-order valence-electron chi connectivity index (χ0n) is 6.81. The quantitative estimate of drug-likeness (QED) is 0.532. The van der Waals surface area contributed by atoms with Crippen LogP contribution in [-0.2, 0) is 9.59 Å². The summed E-state index contributed by atoms with van der Waals surface area (Å²) in [5.41, 5.74) is -1.75. The predicted octanol–water partition coefficient (Wildman–Crippen LogP) is 0.466. The summed E-state index contributed by atoms with van der Waals surface area (Å²) in [6.45, 7) is 0. The summed E-state index contributed by atoms with van der Waals surface area (Å²) in [5.74, 6) is -1.70. The fraction of sp³-hybridized carbons (Fsp3) is 0.333. The highest BCUT2D eigenvalue weighted by molar-refractivity contribution is 6.29. The Morgan fingerprint density at radius 1 is 1.62 bits per heavy atom. The molecule has 0 aromatic carbocycles. The molecule has 0 saturated heterocycles. The highest BCUT2D eigenvalue weighted by Crippen LogP contribution is 2.24. The molecule has 1 aliphatic carbocycles. The Bertz CT molecular complexity index is 283. The molecule has 0 saturated carbocycles. The minimum absolute atomic E-state index is 0.307. The van der Waals surface area contributed by atoms with Crippen LogP contribution in [0.25, 0.3) is 0 Å². The molecular weight excluding hydrogens is 192 g/mol. The summed E-state index contributed by atoms with van der Waals surface area (Å²) in [4.78, 5) is 21.8. The fourth-order valence-electron chi connectivity index (χ4n) is 1.18. The molecule has 0 amide bonds. The highest BCUT2D eigenvalue weighted by Gasteiger charge is 2.40. The van der Waals surface area contributed by atoms with E-state index < -0.39 is 17.3 Å². The lowest BCUT2D eigenvalue weighted by atomic mass is 9.82. The number of aldehydes is 1. The predicted molar refractivity (Wildman–Crippen MR) is 48.5 cm³/mol. The lowest BCUT2D eigenvalue weighted by Crippen LogP contribution is -2.45. The SMILES string of the molecule is O=CC1C=CC=CC1(O)C(=O)CCl. The summed E-state index contributed by atoms with van der Waals surface area (Å²) in [6, 6.07) is 0. The zero-order chi connectivity index (χ0) is 9.90. The van der Waals surface area contributed by atoms with Gasteiger partial charge in [0.1, 0.15) is 6.29 Å². The number of allylic oxidation sites excluding steroid dienone is 2. The van der Waals surface area contributed by atoms with E-state index >= 15 is 0 Å². The van der Waals surface area contributed by atoms with Crippen LogP contribution in [0, 0.1) is 5.92 Å². The van der Waals surface area contributed by atoms with Gasteiger partial charge >= 0.3 is 0 Å². The maximum Gasteiger partial charge on any atom is 0.184 e. The van der Waals surface area contributed by atoms with Crippen LogP contribution in [0.2, 0.25) is 0 Å². The van der Waals surface area contributed by atoms with Crippen molar-refractivity contribution >= 4 is 23.7 Å². The van der Waals surface area contributed by atoms with E-state index in [1.54, 1.807) is 6.08 Å². The molecule has 2 unspecified atom stereocenters. The number of alkyl halides is 1. The number of carbonyl (C=O) groups is 2. The molecule has 0 aromatic rings. The zero-order valence-corrected chi connectivity index (χ0v) is 7.57. The Labute approximate surface area is 80.7 Å². The topological polar surface area (TPSA) is 54.4 Å². The van der Waals surface area contributed by atoms with Gasteiger partial charge in [-0.25, -0.2) is 0 Å². The van der Waals surface area contributed by atoms with Gasteiger partial charge in [-0.2, -0.15) is 0 Å². The summed E-state index contributed by atoms with van der Waals surface area (Å²) < 4.78 is 0. The molecule has 1 aliphatic rings. The van der Waals surface area contributed by atoms with Gasteiger partial charge in [-0.1, -0.05) is 18.2 Å². The summed E-state index contributed by atoms with van der Waals surface area (Å²) >= 11 is 5.31. The number of aliphatic hydroxyl groups is 1. The summed E-state index contributed by atoms with van der Waals surface area (Å²) in [6.07, 6.45) is 6.41. The van der Waals surface area contributed by atoms with E-state index in [0.717, 1.165) is 0 Å². The van der Waals surface area contributed by atoms with Gasteiger partial charge in [0.05, 0.1) is 11.8 Å². The Balaban J connectivity index is 2.99. The Hall–Kier alpha value is -0.930. The molecule has 0 spiro atoms. The number of ketones is 1. The maximum absolute atomic E-state index is 11.2. The van der Waals surface area contributed by atoms with Crippen LogP contribution in [0.3, 0.4) is 0 Å². The van der Waals surface area contributed by atoms with Gasteiger partial charge in [0.25, 0.3) is 0 Å². The number of hydrogen-bond acceptors (Lipinski definition) is 3. The maximum atomic E-state index is 11.2. The van der Waals surface area contributed by atoms with Crippen LogP contribution >= 0.6 is 11.6 Å². The first-order valence-electron chi connectivity index (χ1n) is 3.78. The number of Topliss-reactive ketones (excluding diaryl/α,β-unsaturated/α-hetero) is 1. The molecule has 1 N–H and O–H groups in total. The minimum Gasteiger partial charge on any atom is -0.377 e. The molecular formula is C9H9ClO3. The molecule has 3 nitrogen and oxygen atoms in total. The van der Waals surface area contributed by atoms with Crippen molar-refractivity contribution in [1.29, 1.82) is 0 Å². The first-order chi connectivity index (χ1) is 6.15. The second-order valence-electron chi connectivity index (χ2n) is 2.79. The van der Waals surface area contributed by atoms with Crippen LogP contribution in [0.5, 0.6) is 0 Å². The third-order valence-electron chi connectivity index (χ3n) is 2.00. The first kappa shape index (κ1) is 10.2. The smallest absolute Gasteiger partial charge is 0.184 e. The Morgan fingerprint density at radius 3 is 2.85 bits per heavy atom. The Morgan fingerprint density at radius 2 is 2.31 bits per heavy atom. The van der Waals surface area contributed by atoms with Crippen LogP contribution in [-0.4, -0.2) is 28.7 Å². The van der Waals surface area contributed by atoms with Gasteiger partial charge in [0.15, 0.2) is 11.4 Å². The molecule has 0 bridgehead atoms. The average Bonchev–Trinajstić information content (AvgIpc) is 2.17. The van der Waals surface area contributed by atoms with Gasteiger partial charge in [-0.3, -0.25) is 4.79 Å². The molecule has 0 aliphatic heterocycles. The Kier molecular flexibility index (Phi) is 3.01. The standard InChI is InChI=1S/C9H9ClO3/c10-5-8(12)9(13)4-2-1-3-7(9)6-11/h1-4,6-7,13H,5H2. The summed E-state index contributed by atoms with van der Waals surface area (Å²) in [5, 5.41) is 9.80. The van der Waals surface area contributed by atoms with Gasteiger partial charge in [-0.15, -0.1) is 11.6 Å². The molecule has 2 atom stereocenters. The van der Waals surface area contributed by atoms with Crippen LogP contribution in [0.1, 0.15) is 0 Å². The largest absolute Gasteiger partial charge is 0.377 e. The average molecular weight is 201 g/mol. The van der Waals surface area contributed by atoms with Crippen molar-refractivity contribution in [2.45, 2.75) is 5.60 Å². The van der Waals surface area contributed by atoms with E-state index in [1.165, 1.54) is 18.2 Å². The normalized spacial score (nSPS) is 31.7. The van der Waals surface area contributed by atoms with Crippen molar-refractivity contribution in [3.8, 4) is 0 Å².